The number of methoxy groups -OCH3 is 3. The van der Waals surface area contributed by atoms with Crippen LogP contribution in [0.5, 0.6) is 17.2 Å². The van der Waals surface area contributed by atoms with Crippen molar-refractivity contribution in [1.82, 2.24) is 4.98 Å². The molecule has 0 radical (unpaired) electrons. The first kappa shape index (κ1) is 16.4. The molecule has 1 N–H and O–H groups in total. The SMILES string of the molecule is COc1ccc2c(Nc3ccc(OC)c(OC)c3)c(C#N)cnc2c1. The van der Waals surface area contributed by atoms with Gasteiger partial charge in [-0.05, 0) is 24.3 Å². The molecule has 25 heavy (non-hydrogen) atoms. The van der Waals surface area contributed by atoms with Crippen LogP contribution in [0.2, 0.25) is 0 Å². The maximum absolute atomic E-state index is 9.44. The van der Waals surface area contributed by atoms with Gasteiger partial charge in [0.05, 0.1) is 38.1 Å². The van der Waals surface area contributed by atoms with Crippen molar-refractivity contribution >= 4 is 22.3 Å². The van der Waals surface area contributed by atoms with Gasteiger partial charge in [-0.25, -0.2) is 0 Å². The summed E-state index contributed by atoms with van der Waals surface area (Å²) in [6, 6.07) is 13.2. The number of benzene rings is 2. The summed E-state index contributed by atoms with van der Waals surface area (Å²) in [5.41, 5.74) is 2.65. The van der Waals surface area contributed by atoms with Gasteiger partial charge in [0.15, 0.2) is 11.5 Å². The van der Waals surface area contributed by atoms with Crippen molar-refractivity contribution in [2.75, 3.05) is 26.6 Å². The van der Waals surface area contributed by atoms with Crippen LogP contribution in [0.25, 0.3) is 10.9 Å². The normalized spacial score (nSPS) is 10.2. The third-order valence-electron chi connectivity index (χ3n) is 3.85. The van der Waals surface area contributed by atoms with E-state index in [0.29, 0.717) is 28.5 Å². The van der Waals surface area contributed by atoms with E-state index < -0.39 is 0 Å². The number of anilines is 2. The highest BCUT2D eigenvalue weighted by Crippen LogP contribution is 2.34. The Balaban J connectivity index is 2.10. The molecule has 0 saturated carbocycles. The third-order valence-corrected chi connectivity index (χ3v) is 3.85. The number of fused-ring (bicyclic) bond motifs is 1. The maximum atomic E-state index is 9.44. The van der Waals surface area contributed by atoms with Gasteiger partial charge in [0.2, 0.25) is 0 Å². The van der Waals surface area contributed by atoms with Crippen molar-refractivity contribution in [2.24, 2.45) is 0 Å². The Morgan fingerprint density at radius 1 is 0.960 bits per heavy atom. The fourth-order valence-corrected chi connectivity index (χ4v) is 2.58. The standard InChI is InChI=1S/C19H17N3O3/c1-23-14-5-6-15-16(9-14)21-11-12(10-20)19(15)22-13-4-7-17(24-2)18(8-13)25-3/h4-9,11H,1-3H3,(H,21,22). The second kappa shape index (κ2) is 6.97. The number of pyridine rings is 1. The molecule has 1 heterocycles. The van der Waals surface area contributed by atoms with Gasteiger partial charge >= 0.3 is 0 Å². The van der Waals surface area contributed by atoms with Gasteiger partial charge in [-0.1, -0.05) is 0 Å². The van der Waals surface area contributed by atoms with Crippen LogP contribution in [0.3, 0.4) is 0 Å². The van der Waals surface area contributed by atoms with Gasteiger partial charge in [0.25, 0.3) is 0 Å². The van der Waals surface area contributed by atoms with Gasteiger partial charge in [-0.3, -0.25) is 4.98 Å². The summed E-state index contributed by atoms with van der Waals surface area (Å²) in [6.07, 6.45) is 1.55. The second-order valence-corrected chi connectivity index (χ2v) is 5.24. The van der Waals surface area contributed by atoms with Crippen LogP contribution in [0, 0.1) is 11.3 Å². The topological polar surface area (TPSA) is 76.4 Å². The molecular formula is C19H17N3O3. The van der Waals surface area contributed by atoms with E-state index in [0.717, 1.165) is 16.6 Å². The summed E-state index contributed by atoms with van der Waals surface area (Å²) in [6.45, 7) is 0. The molecule has 6 nitrogen and oxygen atoms in total. The lowest BCUT2D eigenvalue weighted by molar-refractivity contribution is 0.355. The van der Waals surface area contributed by atoms with E-state index in [9.17, 15) is 5.26 Å². The van der Waals surface area contributed by atoms with E-state index in [-0.39, 0.29) is 0 Å². The number of hydrogen-bond donors (Lipinski definition) is 1. The van der Waals surface area contributed by atoms with Crippen LogP contribution in [-0.2, 0) is 0 Å². The van der Waals surface area contributed by atoms with E-state index >= 15 is 0 Å². The average molecular weight is 335 g/mol. The molecule has 0 atom stereocenters. The minimum atomic E-state index is 0.451. The van der Waals surface area contributed by atoms with Crippen LogP contribution in [0.4, 0.5) is 11.4 Å². The zero-order valence-electron chi connectivity index (χ0n) is 14.2. The molecule has 3 aromatic rings. The van der Waals surface area contributed by atoms with Crippen LogP contribution in [-0.4, -0.2) is 26.3 Å². The first-order valence-electron chi connectivity index (χ1n) is 7.56. The van der Waals surface area contributed by atoms with E-state index in [1.54, 1.807) is 33.6 Å². The molecular weight excluding hydrogens is 318 g/mol. The van der Waals surface area contributed by atoms with Crippen LogP contribution in [0.1, 0.15) is 5.56 Å². The summed E-state index contributed by atoms with van der Waals surface area (Å²) < 4.78 is 15.8. The van der Waals surface area contributed by atoms with Crippen molar-refractivity contribution < 1.29 is 14.2 Å². The lowest BCUT2D eigenvalue weighted by Crippen LogP contribution is -1.98. The number of nitrogens with zero attached hydrogens (tertiary/aromatic N) is 2. The molecule has 0 amide bonds. The zero-order valence-corrected chi connectivity index (χ0v) is 14.2. The summed E-state index contributed by atoms with van der Waals surface area (Å²) in [5, 5.41) is 13.6. The Labute approximate surface area is 145 Å². The van der Waals surface area contributed by atoms with Gasteiger partial charge in [0.1, 0.15) is 11.8 Å². The minimum absolute atomic E-state index is 0.451. The molecule has 0 spiro atoms. The molecule has 0 bridgehead atoms. The van der Waals surface area contributed by atoms with Gasteiger partial charge in [-0.2, -0.15) is 5.26 Å². The molecule has 0 aliphatic rings. The van der Waals surface area contributed by atoms with Crippen LogP contribution in [0.15, 0.2) is 42.6 Å². The molecule has 0 unspecified atom stereocenters. The first-order chi connectivity index (χ1) is 12.2. The molecule has 0 saturated heterocycles. The molecule has 1 aromatic heterocycles. The predicted molar refractivity (Wildman–Crippen MR) is 95.8 cm³/mol. The fourth-order valence-electron chi connectivity index (χ4n) is 2.58. The minimum Gasteiger partial charge on any atom is -0.497 e. The molecule has 2 aromatic carbocycles. The molecule has 0 aliphatic carbocycles. The number of nitriles is 1. The first-order valence-corrected chi connectivity index (χ1v) is 7.56. The number of ether oxygens (including phenoxy) is 3. The quantitative estimate of drug-likeness (QED) is 0.762. The van der Waals surface area contributed by atoms with E-state index in [2.05, 4.69) is 16.4 Å². The van der Waals surface area contributed by atoms with Crippen LogP contribution >= 0.6 is 0 Å². The second-order valence-electron chi connectivity index (χ2n) is 5.24. The molecule has 0 fully saturated rings. The number of nitrogens with one attached hydrogen (secondary N) is 1. The molecule has 6 heteroatoms. The Kier molecular flexibility index (Phi) is 4.57. The van der Waals surface area contributed by atoms with E-state index in [1.165, 1.54) is 0 Å². The van der Waals surface area contributed by atoms with E-state index in [4.69, 9.17) is 14.2 Å². The highest BCUT2D eigenvalue weighted by Gasteiger charge is 2.12. The Bertz CT molecular complexity index is 964. The highest BCUT2D eigenvalue weighted by molar-refractivity contribution is 5.96. The Hall–Kier alpha value is -3.46. The van der Waals surface area contributed by atoms with Gasteiger partial charge < -0.3 is 19.5 Å². The summed E-state index contributed by atoms with van der Waals surface area (Å²) in [4.78, 5) is 4.34. The Morgan fingerprint density at radius 3 is 2.44 bits per heavy atom. The lowest BCUT2D eigenvalue weighted by Gasteiger charge is -2.14. The number of aromatic nitrogens is 1. The average Bonchev–Trinajstić information content (AvgIpc) is 2.67. The smallest absolute Gasteiger partial charge is 0.162 e. The molecule has 126 valence electrons. The summed E-state index contributed by atoms with van der Waals surface area (Å²) in [5.74, 6) is 1.95. The van der Waals surface area contributed by atoms with Gasteiger partial charge in [0, 0.05) is 29.4 Å². The van der Waals surface area contributed by atoms with Crippen molar-refractivity contribution in [2.45, 2.75) is 0 Å². The highest BCUT2D eigenvalue weighted by atomic mass is 16.5. The summed E-state index contributed by atoms with van der Waals surface area (Å²) in [7, 11) is 4.77. The maximum Gasteiger partial charge on any atom is 0.162 e. The van der Waals surface area contributed by atoms with Crippen molar-refractivity contribution in [3.8, 4) is 23.3 Å². The molecule has 0 aliphatic heterocycles. The monoisotopic (exact) mass is 335 g/mol. The number of hydrogen-bond acceptors (Lipinski definition) is 6. The van der Waals surface area contributed by atoms with Crippen LogP contribution < -0.4 is 19.5 Å². The van der Waals surface area contributed by atoms with E-state index in [1.807, 2.05) is 30.3 Å². The largest absolute Gasteiger partial charge is 0.497 e. The van der Waals surface area contributed by atoms with Crippen molar-refractivity contribution in [3.05, 3.63) is 48.2 Å². The fraction of sp³-hybridized carbons (Fsp3) is 0.158. The lowest BCUT2D eigenvalue weighted by atomic mass is 10.1. The van der Waals surface area contributed by atoms with Crippen molar-refractivity contribution in [1.29, 1.82) is 5.26 Å². The molecule has 3 rings (SSSR count). The predicted octanol–water partition coefficient (Wildman–Crippen LogP) is 3.88. The number of rotatable bonds is 5. The zero-order chi connectivity index (χ0) is 17.8. The van der Waals surface area contributed by atoms with Crippen molar-refractivity contribution in [3.63, 3.8) is 0 Å². The third kappa shape index (κ3) is 3.12. The van der Waals surface area contributed by atoms with Gasteiger partial charge in [-0.15, -0.1) is 0 Å². The summed E-state index contributed by atoms with van der Waals surface area (Å²) >= 11 is 0. The Morgan fingerprint density at radius 2 is 1.76 bits per heavy atom.